The SMILES string of the molecule is CN1C(=O)NCC1c1c(C(=O)C(C)(C)O)oc2nc(-c3ccccc3Cl)c(-c3ccc(Cl)cc3)cc12. The molecule has 2 aromatic heterocycles. The number of likely N-dealkylation sites (N-methyl/N-ethyl adjacent to an activating group) is 1. The van der Waals surface area contributed by atoms with Gasteiger partial charge in [-0.25, -0.2) is 9.78 Å². The number of rotatable bonds is 5. The third kappa shape index (κ3) is 4.13. The van der Waals surface area contributed by atoms with Gasteiger partial charge >= 0.3 is 6.03 Å². The van der Waals surface area contributed by atoms with E-state index < -0.39 is 17.4 Å². The number of urea groups is 1. The molecule has 1 aliphatic heterocycles. The summed E-state index contributed by atoms with van der Waals surface area (Å²) in [5.74, 6) is -0.632. The van der Waals surface area contributed by atoms with E-state index in [-0.39, 0.29) is 24.0 Å². The summed E-state index contributed by atoms with van der Waals surface area (Å²) in [7, 11) is 1.65. The number of ketones is 1. The van der Waals surface area contributed by atoms with Gasteiger partial charge in [0.1, 0.15) is 5.60 Å². The average molecular weight is 524 g/mol. The Morgan fingerprint density at radius 3 is 2.44 bits per heavy atom. The van der Waals surface area contributed by atoms with Gasteiger partial charge in [-0.2, -0.15) is 0 Å². The zero-order valence-corrected chi connectivity index (χ0v) is 21.3. The summed E-state index contributed by atoms with van der Waals surface area (Å²) in [4.78, 5) is 31.9. The molecule has 1 unspecified atom stereocenters. The van der Waals surface area contributed by atoms with Crippen LogP contribution in [0.25, 0.3) is 33.5 Å². The van der Waals surface area contributed by atoms with Gasteiger partial charge in [-0.3, -0.25) is 4.79 Å². The molecule has 1 aliphatic rings. The predicted molar refractivity (Wildman–Crippen MR) is 139 cm³/mol. The van der Waals surface area contributed by atoms with E-state index in [1.54, 1.807) is 25.2 Å². The van der Waals surface area contributed by atoms with Crippen molar-refractivity contribution < 1.29 is 19.1 Å². The molecule has 1 atom stereocenters. The standard InChI is InChI=1S/C27H23Cl2N3O4/c1-27(2,35)24(33)23-21(20-13-30-26(34)32(20)3)18-12-17(14-8-10-15(28)11-9-14)22(31-25(18)36-23)16-6-4-5-7-19(16)29/h4-12,20,35H,13H2,1-3H3,(H,30,34). The van der Waals surface area contributed by atoms with Crippen LogP contribution in [0, 0.1) is 0 Å². The first-order valence-electron chi connectivity index (χ1n) is 11.3. The van der Waals surface area contributed by atoms with Gasteiger partial charge < -0.3 is 19.7 Å². The van der Waals surface area contributed by atoms with Crippen molar-refractivity contribution in [2.24, 2.45) is 0 Å². The Kier molecular flexibility index (Phi) is 6.03. The maximum atomic E-state index is 13.3. The van der Waals surface area contributed by atoms with E-state index >= 15 is 0 Å². The average Bonchev–Trinajstić information content (AvgIpc) is 3.36. The summed E-state index contributed by atoms with van der Waals surface area (Å²) < 4.78 is 6.04. The van der Waals surface area contributed by atoms with Crippen LogP contribution in [0.5, 0.6) is 0 Å². The lowest BCUT2D eigenvalue weighted by Gasteiger charge is -2.20. The molecule has 2 amide bonds. The number of nitrogens with one attached hydrogen (secondary N) is 1. The predicted octanol–water partition coefficient (Wildman–Crippen LogP) is 6.12. The monoisotopic (exact) mass is 523 g/mol. The number of halogens is 2. The molecule has 5 rings (SSSR count). The number of aliphatic hydroxyl groups is 1. The van der Waals surface area contributed by atoms with Crippen LogP contribution < -0.4 is 5.32 Å². The molecular formula is C27H23Cl2N3O4. The number of hydrogen-bond donors (Lipinski definition) is 2. The molecule has 0 radical (unpaired) electrons. The number of Topliss-reactive ketones (excluding diaryl/α,β-unsaturated/α-hetero) is 1. The Hall–Kier alpha value is -3.39. The molecule has 0 spiro atoms. The fourth-order valence-electron chi connectivity index (χ4n) is 4.41. The van der Waals surface area contributed by atoms with Crippen molar-refractivity contribution >= 4 is 46.1 Å². The summed E-state index contributed by atoms with van der Waals surface area (Å²) in [6.45, 7) is 3.07. The minimum absolute atomic E-state index is 0.0308. The Morgan fingerprint density at radius 1 is 1.14 bits per heavy atom. The van der Waals surface area contributed by atoms with Crippen molar-refractivity contribution in [1.29, 1.82) is 0 Å². The largest absolute Gasteiger partial charge is 0.434 e. The Balaban J connectivity index is 1.85. The fourth-order valence-corrected chi connectivity index (χ4v) is 4.76. The molecule has 0 aliphatic carbocycles. The Labute approximate surface area is 217 Å². The Morgan fingerprint density at radius 2 is 1.83 bits per heavy atom. The smallest absolute Gasteiger partial charge is 0.317 e. The van der Waals surface area contributed by atoms with Gasteiger partial charge in [0.05, 0.1) is 11.7 Å². The first-order chi connectivity index (χ1) is 17.1. The lowest BCUT2D eigenvalue weighted by Crippen LogP contribution is -2.32. The van der Waals surface area contributed by atoms with E-state index in [2.05, 4.69) is 5.32 Å². The quantitative estimate of drug-likeness (QED) is 0.307. The molecule has 2 aromatic carbocycles. The van der Waals surface area contributed by atoms with Crippen molar-refractivity contribution in [3.8, 4) is 22.4 Å². The number of amides is 2. The Bertz CT molecular complexity index is 1510. The zero-order valence-electron chi connectivity index (χ0n) is 19.8. The summed E-state index contributed by atoms with van der Waals surface area (Å²) in [5, 5.41) is 15.0. The summed E-state index contributed by atoms with van der Waals surface area (Å²) in [5.41, 5.74) is 1.84. The zero-order chi connectivity index (χ0) is 25.8. The highest BCUT2D eigenvalue weighted by Gasteiger charge is 2.39. The van der Waals surface area contributed by atoms with Gasteiger partial charge in [0.15, 0.2) is 5.76 Å². The van der Waals surface area contributed by atoms with E-state index in [1.807, 2.05) is 36.4 Å². The molecule has 3 heterocycles. The summed E-state index contributed by atoms with van der Waals surface area (Å²) in [6, 6.07) is 15.8. The third-order valence-electron chi connectivity index (χ3n) is 6.33. The molecular weight excluding hydrogens is 501 g/mol. The number of nitrogens with zero attached hydrogens (tertiary/aromatic N) is 2. The van der Waals surface area contributed by atoms with E-state index in [4.69, 9.17) is 32.6 Å². The second-order valence-electron chi connectivity index (χ2n) is 9.27. The summed E-state index contributed by atoms with van der Waals surface area (Å²) >= 11 is 12.7. The van der Waals surface area contributed by atoms with Crippen LogP contribution >= 0.6 is 23.2 Å². The lowest BCUT2D eigenvalue weighted by atomic mass is 9.93. The first kappa shape index (κ1) is 24.3. The molecule has 1 fully saturated rings. The number of carbonyl (C=O) groups excluding carboxylic acids is 2. The molecule has 7 nitrogen and oxygen atoms in total. The number of carbonyl (C=O) groups is 2. The van der Waals surface area contributed by atoms with Gasteiger partial charge in [0.25, 0.3) is 0 Å². The number of hydrogen-bond acceptors (Lipinski definition) is 5. The maximum absolute atomic E-state index is 13.3. The normalized spacial score (nSPS) is 16.0. The molecule has 4 aromatic rings. The topological polar surface area (TPSA) is 95.7 Å². The van der Waals surface area contributed by atoms with Crippen LogP contribution in [0.2, 0.25) is 10.0 Å². The van der Waals surface area contributed by atoms with Crippen LogP contribution in [-0.2, 0) is 0 Å². The van der Waals surface area contributed by atoms with Crippen LogP contribution in [-0.4, -0.2) is 46.0 Å². The van der Waals surface area contributed by atoms with E-state index in [0.717, 1.165) is 11.1 Å². The second-order valence-corrected chi connectivity index (χ2v) is 10.1. The van der Waals surface area contributed by atoms with Crippen molar-refractivity contribution in [1.82, 2.24) is 15.2 Å². The maximum Gasteiger partial charge on any atom is 0.317 e. The van der Waals surface area contributed by atoms with E-state index in [9.17, 15) is 14.7 Å². The molecule has 0 saturated carbocycles. The van der Waals surface area contributed by atoms with Crippen LogP contribution in [0.1, 0.15) is 36.0 Å². The van der Waals surface area contributed by atoms with E-state index in [1.165, 1.54) is 18.7 Å². The van der Waals surface area contributed by atoms with Gasteiger partial charge in [-0.1, -0.05) is 53.5 Å². The number of benzene rings is 2. The lowest BCUT2D eigenvalue weighted by molar-refractivity contribution is 0.0458. The van der Waals surface area contributed by atoms with Gasteiger partial charge in [0.2, 0.25) is 11.5 Å². The third-order valence-corrected chi connectivity index (χ3v) is 6.92. The number of aromatic nitrogens is 1. The highest BCUT2D eigenvalue weighted by molar-refractivity contribution is 6.33. The van der Waals surface area contributed by atoms with Crippen LogP contribution in [0.15, 0.2) is 59.0 Å². The van der Waals surface area contributed by atoms with Gasteiger partial charge in [0, 0.05) is 45.7 Å². The molecule has 1 saturated heterocycles. The number of fused-ring (bicyclic) bond motifs is 1. The number of furan rings is 1. The highest BCUT2D eigenvalue weighted by atomic mass is 35.5. The minimum atomic E-state index is -1.69. The minimum Gasteiger partial charge on any atom is -0.434 e. The first-order valence-corrected chi connectivity index (χ1v) is 12.1. The summed E-state index contributed by atoms with van der Waals surface area (Å²) in [6.07, 6.45) is 0. The molecule has 36 heavy (non-hydrogen) atoms. The van der Waals surface area contributed by atoms with Crippen molar-refractivity contribution in [3.05, 3.63) is 76.0 Å². The second kappa shape index (κ2) is 8.92. The molecule has 184 valence electrons. The molecule has 9 heteroatoms. The van der Waals surface area contributed by atoms with Crippen LogP contribution in [0.3, 0.4) is 0 Å². The van der Waals surface area contributed by atoms with Crippen molar-refractivity contribution in [2.45, 2.75) is 25.5 Å². The van der Waals surface area contributed by atoms with Gasteiger partial charge in [-0.05, 0) is 43.7 Å². The molecule has 2 N–H and O–H groups in total. The fraction of sp³-hybridized carbons (Fsp3) is 0.222. The van der Waals surface area contributed by atoms with Crippen molar-refractivity contribution in [2.75, 3.05) is 13.6 Å². The highest BCUT2D eigenvalue weighted by Crippen LogP contribution is 2.42. The van der Waals surface area contributed by atoms with Crippen LogP contribution in [0.4, 0.5) is 4.79 Å². The van der Waals surface area contributed by atoms with Gasteiger partial charge in [-0.15, -0.1) is 0 Å². The van der Waals surface area contributed by atoms with Crippen molar-refractivity contribution in [3.63, 3.8) is 0 Å². The number of pyridine rings is 1. The van der Waals surface area contributed by atoms with E-state index in [0.29, 0.717) is 32.3 Å². The molecule has 0 bridgehead atoms.